The lowest BCUT2D eigenvalue weighted by Gasteiger charge is -2.30. The Bertz CT molecular complexity index is 830. The van der Waals surface area contributed by atoms with Crippen LogP contribution in [0.5, 0.6) is 0 Å². The van der Waals surface area contributed by atoms with Gasteiger partial charge in [0.15, 0.2) is 5.56 Å². The van der Waals surface area contributed by atoms with Gasteiger partial charge in [-0.25, -0.2) is 0 Å². The van der Waals surface area contributed by atoms with Crippen molar-refractivity contribution in [1.82, 2.24) is 4.90 Å². The first kappa shape index (κ1) is 21.3. The normalized spacial score (nSPS) is 13.2. The minimum absolute atomic E-state index is 0.125. The average molecular weight is 406 g/mol. The Hall–Kier alpha value is -2.40. The molecule has 4 heteroatoms. The van der Waals surface area contributed by atoms with E-state index in [-0.39, 0.29) is 11.0 Å². The van der Waals surface area contributed by atoms with Gasteiger partial charge in [0.05, 0.1) is 5.25 Å². The Morgan fingerprint density at radius 3 is 1.72 bits per heavy atom. The van der Waals surface area contributed by atoms with Gasteiger partial charge >= 0.3 is 0 Å². The number of aliphatic hydroxyl groups is 1. The van der Waals surface area contributed by atoms with Gasteiger partial charge in [-0.05, 0) is 16.7 Å². The largest absolute Gasteiger partial charge is 0.369 e. The fourth-order valence-electron chi connectivity index (χ4n) is 3.21. The third-order valence-electron chi connectivity index (χ3n) is 4.77. The average Bonchev–Trinajstić information content (AvgIpc) is 2.78. The maximum atomic E-state index is 12.6. The van der Waals surface area contributed by atoms with Crippen molar-refractivity contribution in [3.8, 4) is 0 Å². The number of carbonyl (C=O) groups excluding carboxylic acids is 1. The van der Waals surface area contributed by atoms with E-state index in [1.807, 2.05) is 78.6 Å². The summed E-state index contributed by atoms with van der Waals surface area (Å²) in [5.41, 5.74) is 2.38. The van der Waals surface area contributed by atoms with E-state index in [0.29, 0.717) is 19.5 Å². The van der Waals surface area contributed by atoms with Crippen LogP contribution in [0.3, 0.4) is 0 Å². The zero-order valence-corrected chi connectivity index (χ0v) is 17.5. The molecule has 0 aromatic heterocycles. The number of ketones is 1. The first-order valence-electron chi connectivity index (χ1n) is 9.90. The van der Waals surface area contributed by atoms with Crippen LogP contribution in [0.4, 0.5) is 0 Å². The molecule has 3 nitrogen and oxygen atoms in total. The Kier molecular flexibility index (Phi) is 8.05. The van der Waals surface area contributed by atoms with E-state index in [1.165, 1.54) is 11.8 Å². The molecule has 0 aliphatic heterocycles. The predicted molar refractivity (Wildman–Crippen MR) is 120 cm³/mol. The summed E-state index contributed by atoms with van der Waals surface area (Å²) in [5.74, 6) is 0.125. The van der Waals surface area contributed by atoms with Crippen LogP contribution < -0.4 is 0 Å². The van der Waals surface area contributed by atoms with Gasteiger partial charge in [-0.3, -0.25) is 9.69 Å². The Balaban J connectivity index is 1.81. The van der Waals surface area contributed by atoms with Gasteiger partial charge in [0.1, 0.15) is 5.78 Å². The van der Waals surface area contributed by atoms with Gasteiger partial charge in [-0.15, -0.1) is 0 Å². The summed E-state index contributed by atoms with van der Waals surface area (Å²) in [6.07, 6.45) is 0.441. The first-order valence-corrected chi connectivity index (χ1v) is 10.8. The standard InChI is InChI=1S/C25H27NO2S/c1-2-23(27)24(22-16-10-5-11-17-22)29-25(28)26(18-20-12-6-3-7-13-20)19-21-14-8-4-9-15-21/h3-17,24-25,28H,2,18-19H2,1H3/t24?,25-/m0/s1. The van der Waals surface area contributed by atoms with E-state index in [2.05, 4.69) is 24.3 Å². The number of carbonyl (C=O) groups is 1. The van der Waals surface area contributed by atoms with Crippen LogP contribution in [-0.4, -0.2) is 21.3 Å². The van der Waals surface area contributed by atoms with Crippen LogP contribution in [0.25, 0.3) is 0 Å². The number of rotatable bonds is 10. The molecule has 0 aliphatic rings. The van der Waals surface area contributed by atoms with E-state index in [0.717, 1.165) is 16.7 Å². The molecule has 29 heavy (non-hydrogen) atoms. The minimum atomic E-state index is -0.809. The molecular weight excluding hydrogens is 378 g/mol. The third kappa shape index (κ3) is 6.29. The fraction of sp³-hybridized carbons (Fsp3) is 0.240. The predicted octanol–water partition coefficient (Wildman–Crippen LogP) is 5.42. The number of hydrogen-bond acceptors (Lipinski definition) is 4. The van der Waals surface area contributed by atoms with Gasteiger partial charge in [0.2, 0.25) is 0 Å². The number of hydrogen-bond donors (Lipinski definition) is 1. The summed E-state index contributed by atoms with van der Waals surface area (Å²) in [6.45, 7) is 3.08. The summed E-state index contributed by atoms with van der Waals surface area (Å²) in [6, 6.07) is 29.9. The van der Waals surface area contributed by atoms with E-state index in [4.69, 9.17) is 0 Å². The van der Waals surface area contributed by atoms with Crippen LogP contribution in [-0.2, 0) is 17.9 Å². The molecule has 0 heterocycles. The Morgan fingerprint density at radius 2 is 1.28 bits per heavy atom. The van der Waals surface area contributed by atoms with Gasteiger partial charge < -0.3 is 5.11 Å². The number of Topliss-reactive ketones (excluding diaryl/α,β-unsaturated/α-hetero) is 1. The molecule has 1 unspecified atom stereocenters. The molecule has 0 saturated carbocycles. The second-order valence-electron chi connectivity index (χ2n) is 6.95. The molecular formula is C25H27NO2S. The van der Waals surface area contributed by atoms with Crippen molar-refractivity contribution in [3.63, 3.8) is 0 Å². The molecule has 3 rings (SSSR count). The van der Waals surface area contributed by atoms with Crippen molar-refractivity contribution in [3.05, 3.63) is 108 Å². The Morgan fingerprint density at radius 1 is 0.828 bits per heavy atom. The van der Waals surface area contributed by atoms with E-state index < -0.39 is 5.56 Å². The summed E-state index contributed by atoms with van der Waals surface area (Å²) < 4.78 is 0. The topological polar surface area (TPSA) is 40.5 Å². The number of aliphatic hydroxyl groups excluding tert-OH is 1. The molecule has 3 aromatic carbocycles. The molecule has 0 spiro atoms. The smallest absolute Gasteiger partial charge is 0.157 e. The highest BCUT2D eigenvalue weighted by atomic mass is 32.2. The maximum absolute atomic E-state index is 12.6. The summed E-state index contributed by atoms with van der Waals surface area (Å²) in [4.78, 5) is 14.6. The van der Waals surface area contributed by atoms with Crippen LogP contribution in [0.1, 0.15) is 35.3 Å². The van der Waals surface area contributed by atoms with Gasteiger partial charge in [0.25, 0.3) is 0 Å². The monoisotopic (exact) mass is 405 g/mol. The van der Waals surface area contributed by atoms with E-state index in [9.17, 15) is 9.90 Å². The highest BCUT2D eigenvalue weighted by Crippen LogP contribution is 2.35. The number of thioether (sulfide) groups is 1. The first-order chi connectivity index (χ1) is 14.2. The molecule has 0 fully saturated rings. The van der Waals surface area contributed by atoms with Crippen LogP contribution in [0.15, 0.2) is 91.0 Å². The summed E-state index contributed by atoms with van der Waals surface area (Å²) >= 11 is 1.31. The molecule has 2 atom stereocenters. The molecule has 1 N–H and O–H groups in total. The lowest BCUT2D eigenvalue weighted by molar-refractivity contribution is -0.118. The Labute approximate surface area is 177 Å². The summed E-state index contributed by atoms with van der Waals surface area (Å²) in [7, 11) is 0. The van der Waals surface area contributed by atoms with Gasteiger partial charge in [-0.1, -0.05) is 110 Å². The highest BCUT2D eigenvalue weighted by Gasteiger charge is 2.26. The molecule has 0 radical (unpaired) electrons. The molecule has 3 aromatic rings. The molecule has 150 valence electrons. The zero-order chi connectivity index (χ0) is 20.5. The highest BCUT2D eigenvalue weighted by molar-refractivity contribution is 8.00. The van der Waals surface area contributed by atoms with Gasteiger partial charge in [0, 0.05) is 19.5 Å². The van der Waals surface area contributed by atoms with Crippen molar-refractivity contribution in [2.45, 2.75) is 37.2 Å². The second kappa shape index (κ2) is 11.0. The second-order valence-corrected chi connectivity index (χ2v) is 8.11. The van der Waals surface area contributed by atoms with Crippen molar-refractivity contribution >= 4 is 17.5 Å². The molecule has 0 saturated heterocycles. The zero-order valence-electron chi connectivity index (χ0n) is 16.6. The van der Waals surface area contributed by atoms with Crippen molar-refractivity contribution < 1.29 is 9.90 Å². The van der Waals surface area contributed by atoms with Crippen LogP contribution in [0.2, 0.25) is 0 Å². The number of benzene rings is 3. The summed E-state index contributed by atoms with van der Waals surface area (Å²) in [5, 5.41) is 10.8. The third-order valence-corrected chi connectivity index (χ3v) is 6.12. The van der Waals surface area contributed by atoms with Crippen molar-refractivity contribution in [2.75, 3.05) is 0 Å². The quantitative estimate of drug-likeness (QED) is 0.457. The SMILES string of the molecule is CCC(=O)C(S[C@H](O)N(Cc1ccccc1)Cc1ccccc1)c1ccccc1. The minimum Gasteiger partial charge on any atom is -0.369 e. The van der Waals surface area contributed by atoms with Crippen LogP contribution >= 0.6 is 11.8 Å². The lowest BCUT2D eigenvalue weighted by atomic mass is 10.1. The maximum Gasteiger partial charge on any atom is 0.157 e. The molecule has 0 bridgehead atoms. The van der Waals surface area contributed by atoms with E-state index >= 15 is 0 Å². The van der Waals surface area contributed by atoms with E-state index in [1.54, 1.807) is 0 Å². The molecule has 0 aliphatic carbocycles. The number of nitrogens with zero attached hydrogens (tertiary/aromatic N) is 1. The molecule has 0 amide bonds. The lowest BCUT2D eigenvalue weighted by Crippen LogP contribution is -2.33. The van der Waals surface area contributed by atoms with Gasteiger partial charge in [-0.2, -0.15) is 0 Å². The van der Waals surface area contributed by atoms with Crippen molar-refractivity contribution in [1.29, 1.82) is 0 Å². The fourth-order valence-corrected chi connectivity index (χ4v) is 4.41. The van der Waals surface area contributed by atoms with Crippen molar-refractivity contribution in [2.24, 2.45) is 0 Å². The van der Waals surface area contributed by atoms with Crippen LogP contribution in [0, 0.1) is 0 Å².